The summed E-state index contributed by atoms with van der Waals surface area (Å²) in [6.45, 7) is 4.30. The third-order valence-electron chi connectivity index (χ3n) is 2.28. The lowest BCUT2D eigenvalue weighted by atomic mass is 10.1. The number of hydrogen-bond donors (Lipinski definition) is 1. The Hall–Kier alpha value is -0.510. The van der Waals surface area contributed by atoms with Gasteiger partial charge in [-0.3, -0.25) is 14.5 Å². The molecule has 0 saturated carbocycles. The number of imide groups is 1. The van der Waals surface area contributed by atoms with E-state index in [4.69, 9.17) is 0 Å². The van der Waals surface area contributed by atoms with Crippen LogP contribution in [0.1, 0.15) is 20.3 Å². The molecule has 2 amide bonds. The van der Waals surface area contributed by atoms with Crippen LogP contribution >= 0.6 is 12.6 Å². The molecule has 74 valence electrons. The Bertz CT molecular complexity index is 230. The van der Waals surface area contributed by atoms with E-state index in [0.717, 1.165) is 0 Å². The zero-order chi connectivity index (χ0) is 10.0. The number of nitrogens with zero attached hydrogens (tertiary/aromatic N) is 1. The van der Waals surface area contributed by atoms with Gasteiger partial charge in [-0.2, -0.15) is 12.6 Å². The van der Waals surface area contributed by atoms with Crippen molar-refractivity contribution in [3.8, 4) is 0 Å². The van der Waals surface area contributed by atoms with Crippen LogP contribution in [0.2, 0.25) is 0 Å². The summed E-state index contributed by atoms with van der Waals surface area (Å²) in [4.78, 5) is 24.1. The molecule has 2 atom stereocenters. The van der Waals surface area contributed by atoms with Gasteiger partial charge < -0.3 is 0 Å². The summed E-state index contributed by atoms with van der Waals surface area (Å²) < 4.78 is 0. The van der Waals surface area contributed by atoms with Crippen LogP contribution in [0.15, 0.2) is 0 Å². The Morgan fingerprint density at radius 1 is 1.62 bits per heavy atom. The largest absolute Gasteiger partial charge is 0.282 e. The summed E-state index contributed by atoms with van der Waals surface area (Å²) in [7, 11) is 0. The number of likely N-dealkylation sites (tertiary alicyclic amines) is 1. The van der Waals surface area contributed by atoms with E-state index < -0.39 is 0 Å². The van der Waals surface area contributed by atoms with Crippen LogP contribution in [-0.4, -0.2) is 29.0 Å². The highest BCUT2D eigenvalue weighted by molar-refractivity contribution is 7.80. The quantitative estimate of drug-likeness (QED) is 0.545. The summed E-state index contributed by atoms with van der Waals surface area (Å²) in [5, 5.41) is 0. The molecule has 0 aliphatic carbocycles. The second kappa shape index (κ2) is 4.13. The first-order chi connectivity index (χ1) is 6.06. The van der Waals surface area contributed by atoms with E-state index in [1.165, 1.54) is 4.90 Å². The first kappa shape index (κ1) is 10.6. The highest BCUT2D eigenvalue weighted by Crippen LogP contribution is 2.19. The first-order valence-corrected chi connectivity index (χ1v) is 5.14. The van der Waals surface area contributed by atoms with Crippen molar-refractivity contribution in [1.82, 2.24) is 4.90 Å². The molecule has 0 N–H and O–H groups in total. The summed E-state index contributed by atoms with van der Waals surface area (Å²) in [5.41, 5.74) is 0. The standard InChI is InChI=1S/C9H15NO2S/c1-6(5-13)4-10-8(11)3-7(2)9(10)12/h6-7,13H,3-5H2,1-2H3. The number of thiol groups is 1. The molecular weight excluding hydrogens is 186 g/mol. The van der Waals surface area contributed by atoms with Crippen molar-refractivity contribution in [1.29, 1.82) is 0 Å². The normalized spacial score (nSPS) is 25.5. The topological polar surface area (TPSA) is 37.4 Å². The van der Waals surface area contributed by atoms with Gasteiger partial charge in [0.25, 0.3) is 0 Å². The van der Waals surface area contributed by atoms with E-state index in [1.54, 1.807) is 6.92 Å². The second-order valence-electron chi connectivity index (χ2n) is 3.74. The minimum absolute atomic E-state index is 0.0290. The molecule has 1 rings (SSSR count). The van der Waals surface area contributed by atoms with Gasteiger partial charge in [0.2, 0.25) is 11.8 Å². The minimum Gasteiger partial charge on any atom is -0.282 e. The van der Waals surface area contributed by atoms with Gasteiger partial charge in [-0.25, -0.2) is 0 Å². The molecule has 1 heterocycles. The maximum absolute atomic E-state index is 11.4. The van der Waals surface area contributed by atoms with Gasteiger partial charge in [0.05, 0.1) is 0 Å². The molecular formula is C9H15NO2S. The third kappa shape index (κ3) is 2.24. The molecule has 1 aliphatic heterocycles. The molecule has 3 nitrogen and oxygen atoms in total. The molecule has 13 heavy (non-hydrogen) atoms. The fraction of sp³-hybridized carbons (Fsp3) is 0.778. The smallest absolute Gasteiger partial charge is 0.232 e. The summed E-state index contributed by atoms with van der Waals surface area (Å²) >= 11 is 4.12. The summed E-state index contributed by atoms with van der Waals surface area (Å²) in [6.07, 6.45) is 0.373. The molecule has 0 bridgehead atoms. The zero-order valence-corrected chi connectivity index (χ0v) is 8.88. The van der Waals surface area contributed by atoms with E-state index in [2.05, 4.69) is 12.6 Å². The second-order valence-corrected chi connectivity index (χ2v) is 4.10. The van der Waals surface area contributed by atoms with Gasteiger partial charge in [-0.1, -0.05) is 13.8 Å². The van der Waals surface area contributed by atoms with Crippen LogP contribution in [-0.2, 0) is 9.59 Å². The number of carbonyl (C=O) groups is 2. The minimum atomic E-state index is -0.125. The molecule has 2 unspecified atom stereocenters. The molecule has 4 heteroatoms. The first-order valence-electron chi connectivity index (χ1n) is 4.51. The Morgan fingerprint density at radius 2 is 2.23 bits per heavy atom. The van der Waals surface area contributed by atoms with Crippen LogP contribution < -0.4 is 0 Å². The van der Waals surface area contributed by atoms with Gasteiger partial charge in [-0.05, 0) is 11.7 Å². The predicted octanol–water partition coefficient (Wildman–Crippen LogP) is 0.947. The fourth-order valence-electron chi connectivity index (χ4n) is 1.41. The molecule has 1 aliphatic rings. The molecule has 0 aromatic rings. The van der Waals surface area contributed by atoms with Gasteiger partial charge >= 0.3 is 0 Å². The van der Waals surface area contributed by atoms with Crippen LogP contribution in [0, 0.1) is 11.8 Å². The molecule has 0 radical (unpaired) electrons. The number of hydrogen-bond acceptors (Lipinski definition) is 3. The van der Waals surface area contributed by atoms with Crippen molar-refractivity contribution in [3.05, 3.63) is 0 Å². The number of amides is 2. The van der Waals surface area contributed by atoms with E-state index in [-0.39, 0.29) is 23.7 Å². The van der Waals surface area contributed by atoms with Gasteiger partial charge in [0.1, 0.15) is 0 Å². The third-order valence-corrected chi connectivity index (χ3v) is 2.90. The zero-order valence-electron chi connectivity index (χ0n) is 7.99. The predicted molar refractivity (Wildman–Crippen MR) is 53.5 cm³/mol. The monoisotopic (exact) mass is 201 g/mol. The maximum Gasteiger partial charge on any atom is 0.232 e. The van der Waals surface area contributed by atoms with Crippen LogP contribution in [0.4, 0.5) is 0 Å². The summed E-state index contributed by atoms with van der Waals surface area (Å²) in [6, 6.07) is 0. The average Bonchev–Trinajstić information content (AvgIpc) is 2.32. The highest BCUT2D eigenvalue weighted by atomic mass is 32.1. The SMILES string of the molecule is CC(CS)CN1C(=O)CC(C)C1=O. The lowest BCUT2D eigenvalue weighted by molar-refractivity contribution is -0.139. The molecule has 1 fully saturated rings. The Labute approximate surface area is 83.9 Å². The highest BCUT2D eigenvalue weighted by Gasteiger charge is 2.35. The van der Waals surface area contributed by atoms with Crippen LogP contribution in [0.25, 0.3) is 0 Å². The Kier molecular flexibility index (Phi) is 3.36. The van der Waals surface area contributed by atoms with Crippen molar-refractivity contribution in [2.75, 3.05) is 12.3 Å². The summed E-state index contributed by atoms with van der Waals surface area (Å²) in [5.74, 6) is 0.789. The van der Waals surface area contributed by atoms with Crippen molar-refractivity contribution < 1.29 is 9.59 Å². The van der Waals surface area contributed by atoms with E-state index >= 15 is 0 Å². The molecule has 1 saturated heterocycles. The van der Waals surface area contributed by atoms with E-state index in [0.29, 0.717) is 18.7 Å². The van der Waals surface area contributed by atoms with Gasteiger partial charge in [0.15, 0.2) is 0 Å². The Morgan fingerprint density at radius 3 is 2.62 bits per heavy atom. The van der Waals surface area contributed by atoms with Crippen molar-refractivity contribution in [2.45, 2.75) is 20.3 Å². The van der Waals surface area contributed by atoms with Gasteiger partial charge in [0, 0.05) is 18.9 Å². The number of rotatable bonds is 3. The Balaban J connectivity index is 2.59. The molecule has 0 spiro atoms. The fourth-order valence-corrected chi connectivity index (χ4v) is 1.53. The lowest BCUT2D eigenvalue weighted by Crippen LogP contribution is -2.34. The van der Waals surface area contributed by atoms with E-state index in [9.17, 15) is 9.59 Å². The lowest BCUT2D eigenvalue weighted by Gasteiger charge is -2.17. The van der Waals surface area contributed by atoms with Crippen molar-refractivity contribution in [3.63, 3.8) is 0 Å². The average molecular weight is 201 g/mol. The van der Waals surface area contributed by atoms with Crippen molar-refractivity contribution >= 4 is 24.4 Å². The molecule has 0 aromatic carbocycles. The van der Waals surface area contributed by atoms with Crippen LogP contribution in [0.5, 0.6) is 0 Å². The maximum atomic E-state index is 11.4. The number of carbonyl (C=O) groups excluding carboxylic acids is 2. The van der Waals surface area contributed by atoms with Crippen LogP contribution in [0.3, 0.4) is 0 Å². The van der Waals surface area contributed by atoms with Crippen molar-refractivity contribution in [2.24, 2.45) is 11.8 Å². The van der Waals surface area contributed by atoms with Gasteiger partial charge in [-0.15, -0.1) is 0 Å². The van der Waals surface area contributed by atoms with E-state index in [1.807, 2.05) is 6.92 Å². The molecule has 0 aromatic heterocycles.